The summed E-state index contributed by atoms with van der Waals surface area (Å²) < 4.78 is 5.40. The summed E-state index contributed by atoms with van der Waals surface area (Å²) in [6.07, 6.45) is 3.57. The smallest absolute Gasteiger partial charge is 0.122 e. The Morgan fingerprint density at radius 2 is 1.91 bits per heavy atom. The van der Waals surface area contributed by atoms with Crippen molar-refractivity contribution in [3.63, 3.8) is 0 Å². The Hall–Kier alpha value is -1.81. The molecule has 0 aromatic heterocycles. The number of nitroso groups, excluding NO2 is 1. The number of benzene rings is 1. The van der Waals surface area contributed by atoms with E-state index in [0.717, 1.165) is 21.8 Å². The van der Waals surface area contributed by atoms with E-state index >= 15 is 0 Å². The second-order valence-corrected chi connectivity index (χ2v) is 6.86. The van der Waals surface area contributed by atoms with Gasteiger partial charge in [-0.2, -0.15) is 0 Å². The molecule has 0 spiro atoms. The first-order valence-corrected chi connectivity index (χ1v) is 8.46. The molecule has 0 atom stereocenters. The van der Waals surface area contributed by atoms with Crippen molar-refractivity contribution < 1.29 is 4.74 Å². The zero-order chi connectivity index (χ0) is 17.4. The molecular weight excluding hydrogens is 306 g/mol. The van der Waals surface area contributed by atoms with E-state index in [2.05, 4.69) is 25.1 Å². The molecule has 0 bridgehead atoms. The summed E-state index contributed by atoms with van der Waals surface area (Å²) in [6, 6.07) is 6.19. The Balaban J connectivity index is 2.96. The number of methoxy groups -OCH3 is 1. The molecule has 0 unspecified atom stereocenters. The van der Waals surface area contributed by atoms with Crippen molar-refractivity contribution >= 4 is 11.8 Å². The highest BCUT2D eigenvalue weighted by molar-refractivity contribution is 8.02. The van der Waals surface area contributed by atoms with Crippen molar-refractivity contribution in [2.45, 2.75) is 45.4 Å². The predicted molar refractivity (Wildman–Crippen MR) is 100 cm³/mol. The largest absolute Gasteiger partial charge is 0.496 e. The van der Waals surface area contributed by atoms with Gasteiger partial charge in [0.1, 0.15) is 11.4 Å². The fraction of sp³-hybridized carbons (Fsp3) is 0.368. The summed E-state index contributed by atoms with van der Waals surface area (Å²) in [5.74, 6) is 1.32. The summed E-state index contributed by atoms with van der Waals surface area (Å²) in [5, 5.41) is 5.07. The van der Waals surface area contributed by atoms with E-state index in [4.69, 9.17) is 4.74 Å². The van der Waals surface area contributed by atoms with Crippen LogP contribution in [0.25, 0.3) is 0 Å². The molecule has 0 saturated heterocycles. The Labute approximate surface area is 143 Å². The first-order chi connectivity index (χ1) is 10.9. The molecule has 1 aromatic carbocycles. The van der Waals surface area contributed by atoms with Crippen LogP contribution in [0.2, 0.25) is 0 Å². The average Bonchev–Trinajstić information content (AvgIpc) is 2.51. The first kappa shape index (κ1) is 19.2. The molecular formula is C19H25NO2S. The molecule has 0 amide bonds. The number of rotatable bonds is 7. The van der Waals surface area contributed by atoms with Crippen molar-refractivity contribution in [3.8, 4) is 5.75 Å². The van der Waals surface area contributed by atoms with Crippen LogP contribution in [0.3, 0.4) is 0 Å². The maximum absolute atomic E-state index is 10.8. The minimum atomic E-state index is 0.402. The summed E-state index contributed by atoms with van der Waals surface area (Å²) in [4.78, 5) is 12.0. The van der Waals surface area contributed by atoms with E-state index in [-0.39, 0.29) is 0 Å². The van der Waals surface area contributed by atoms with E-state index in [1.54, 1.807) is 31.0 Å². The zero-order valence-corrected chi connectivity index (χ0v) is 15.5. The third-order valence-electron chi connectivity index (χ3n) is 3.12. The van der Waals surface area contributed by atoms with E-state index in [1.165, 1.54) is 5.56 Å². The highest BCUT2D eigenvalue weighted by Gasteiger charge is 2.08. The molecule has 124 valence electrons. The van der Waals surface area contributed by atoms with E-state index in [1.807, 2.05) is 38.3 Å². The molecule has 0 fully saturated rings. The molecule has 0 radical (unpaired) electrons. The van der Waals surface area contributed by atoms with Crippen molar-refractivity contribution in [1.29, 1.82) is 0 Å². The zero-order valence-electron chi connectivity index (χ0n) is 14.7. The van der Waals surface area contributed by atoms with Crippen LogP contribution in [0, 0.1) is 4.91 Å². The van der Waals surface area contributed by atoms with Gasteiger partial charge in [-0.3, -0.25) is 0 Å². The van der Waals surface area contributed by atoms with Gasteiger partial charge in [0.25, 0.3) is 0 Å². The molecule has 0 aliphatic rings. The van der Waals surface area contributed by atoms with Crippen LogP contribution < -0.4 is 4.74 Å². The van der Waals surface area contributed by atoms with E-state index < -0.39 is 0 Å². The van der Waals surface area contributed by atoms with Crippen LogP contribution in [-0.4, -0.2) is 7.11 Å². The van der Waals surface area contributed by atoms with Crippen LogP contribution in [-0.2, 0) is 0 Å². The molecule has 23 heavy (non-hydrogen) atoms. The lowest BCUT2D eigenvalue weighted by molar-refractivity contribution is 0.407. The number of hydrogen-bond acceptors (Lipinski definition) is 4. The van der Waals surface area contributed by atoms with Crippen LogP contribution in [0.15, 0.2) is 62.7 Å². The molecule has 1 rings (SSSR count). The third kappa shape index (κ3) is 6.45. The van der Waals surface area contributed by atoms with Crippen LogP contribution in [0.4, 0.5) is 0 Å². The van der Waals surface area contributed by atoms with Gasteiger partial charge >= 0.3 is 0 Å². The van der Waals surface area contributed by atoms with Gasteiger partial charge < -0.3 is 4.74 Å². The summed E-state index contributed by atoms with van der Waals surface area (Å²) in [6.45, 7) is 10.1. The standard InChI is InChI=1S/C19H25NO2S/c1-13(2)9-16(20-21)10-15(5)12-23-17-7-8-19(22-6)18(11-17)14(3)4/h7-12,14H,1-6H3/b15-12+,16-10+. The van der Waals surface area contributed by atoms with Gasteiger partial charge in [0.15, 0.2) is 0 Å². The Bertz CT molecular complexity index is 639. The van der Waals surface area contributed by atoms with Gasteiger partial charge in [-0.1, -0.05) is 31.2 Å². The van der Waals surface area contributed by atoms with Gasteiger partial charge in [0.2, 0.25) is 0 Å². The lowest BCUT2D eigenvalue weighted by atomic mass is 10.0. The Morgan fingerprint density at radius 1 is 1.22 bits per heavy atom. The fourth-order valence-electron chi connectivity index (χ4n) is 2.06. The van der Waals surface area contributed by atoms with E-state index in [0.29, 0.717) is 11.6 Å². The molecule has 0 aliphatic heterocycles. The maximum Gasteiger partial charge on any atom is 0.122 e. The maximum atomic E-state index is 10.8. The fourth-order valence-corrected chi connectivity index (χ4v) is 2.79. The van der Waals surface area contributed by atoms with Crippen molar-refractivity contribution in [2.75, 3.05) is 7.11 Å². The normalized spacial score (nSPS) is 12.3. The highest BCUT2D eigenvalue weighted by atomic mass is 32.2. The lowest BCUT2D eigenvalue weighted by Gasteiger charge is -2.12. The van der Waals surface area contributed by atoms with Gasteiger partial charge in [0.05, 0.1) is 7.11 Å². The molecule has 0 N–H and O–H groups in total. The minimum Gasteiger partial charge on any atom is -0.496 e. The van der Waals surface area contributed by atoms with Crippen LogP contribution >= 0.6 is 11.8 Å². The molecule has 1 aromatic rings. The van der Waals surface area contributed by atoms with Crippen LogP contribution in [0.1, 0.15) is 46.1 Å². The summed E-state index contributed by atoms with van der Waals surface area (Å²) in [5.41, 5.74) is 3.67. The number of ether oxygens (including phenoxy) is 1. The average molecular weight is 331 g/mol. The molecule has 0 heterocycles. The van der Waals surface area contributed by atoms with Gasteiger partial charge in [-0.15, -0.1) is 4.91 Å². The SMILES string of the molecule is COc1ccc(S/C=C(C)/C=C(\C=C(C)C)N=O)cc1C(C)C. The second-order valence-electron chi connectivity index (χ2n) is 5.92. The second kappa shape index (κ2) is 9.36. The quantitative estimate of drug-likeness (QED) is 0.328. The van der Waals surface area contributed by atoms with Gasteiger partial charge in [0, 0.05) is 4.90 Å². The highest BCUT2D eigenvalue weighted by Crippen LogP contribution is 2.32. The van der Waals surface area contributed by atoms with Crippen molar-refractivity contribution in [2.24, 2.45) is 5.18 Å². The molecule has 4 heteroatoms. The summed E-state index contributed by atoms with van der Waals surface area (Å²) >= 11 is 1.62. The number of thioether (sulfide) groups is 1. The number of nitrogens with zero attached hydrogens (tertiary/aromatic N) is 1. The van der Waals surface area contributed by atoms with Gasteiger partial charge in [-0.05, 0) is 78.8 Å². The Morgan fingerprint density at radius 3 is 2.43 bits per heavy atom. The van der Waals surface area contributed by atoms with E-state index in [9.17, 15) is 4.91 Å². The molecule has 0 aliphatic carbocycles. The minimum absolute atomic E-state index is 0.402. The predicted octanol–water partition coefficient (Wildman–Crippen LogP) is 6.43. The van der Waals surface area contributed by atoms with Crippen molar-refractivity contribution in [3.05, 3.63) is 63.1 Å². The molecule has 3 nitrogen and oxygen atoms in total. The lowest BCUT2D eigenvalue weighted by Crippen LogP contribution is -1.94. The Kier molecular flexibility index (Phi) is 7.83. The first-order valence-electron chi connectivity index (χ1n) is 7.58. The van der Waals surface area contributed by atoms with Crippen LogP contribution in [0.5, 0.6) is 5.75 Å². The monoisotopic (exact) mass is 331 g/mol. The number of allylic oxidation sites excluding steroid dienone is 4. The third-order valence-corrected chi connectivity index (χ3v) is 4.14. The number of hydrogen-bond donors (Lipinski definition) is 0. The topological polar surface area (TPSA) is 38.7 Å². The molecule has 0 saturated carbocycles. The summed E-state index contributed by atoms with van der Waals surface area (Å²) in [7, 11) is 1.69. The van der Waals surface area contributed by atoms with Crippen molar-refractivity contribution in [1.82, 2.24) is 0 Å². The van der Waals surface area contributed by atoms with Gasteiger partial charge in [-0.25, -0.2) is 0 Å².